The molecule has 3 N–H and O–H groups in total. The Hall–Kier alpha value is -2.28. The third-order valence-corrected chi connectivity index (χ3v) is 2.98. The molecule has 0 bridgehead atoms. The maximum Gasteiger partial charge on any atom is 0.407 e. The lowest BCUT2D eigenvalue weighted by Crippen LogP contribution is -2.36. The van der Waals surface area contributed by atoms with Crippen molar-refractivity contribution >= 4 is 17.7 Å². The van der Waals surface area contributed by atoms with E-state index in [0.717, 1.165) is 5.56 Å². The number of fused-ring (bicyclic) bond motifs is 1. The normalized spacial score (nSPS) is 13.6. The van der Waals surface area contributed by atoms with Crippen LogP contribution < -0.4 is 20.7 Å². The van der Waals surface area contributed by atoms with E-state index < -0.39 is 11.7 Å². The molecule has 0 radical (unpaired) electrons. The average Bonchev–Trinajstić information content (AvgIpc) is 2.44. The van der Waals surface area contributed by atoms with Crippen LogP contribution in [0.4, 0.5) is 10.5 Å². The monoisotopic (exact) mass is 321 g/mol. The SMILES string of the molecule is CC(C)(C)OC(=O)NCCNCc1ccc2c(c1)NC(=O)CO2. The molecule has 0 aliphatic carbocycles. The zero-order valence-electron chi connectivity index (χ0n) is 13.7. The van der Waals surface area contributed by atoms with E-state index in [9.17, 15) is 9.59 Å². The summed E-state index contributed by atoms with van der Waals surface area (Å²) in [6, 6.07) is 5.65. The number of nitrogens with one attached hydrogen (secondary N) is 3. The highest BCUT2D eigenvalue weighted by molar-refractivity contribution is 5.95. The summed E-state index contributed by atoms with van der Waals surface area (Å²) in [5, 5.41) is 8.67. The summed E-state index contributed by atoms with van der Waals surface area (Å²) in [5.41, 5.74) is 1.21. The number of hydrogen-bond donors (Lipinski definition) is 3. The highest BCUT2D eigenvalue weighted by Crippen LogP contribution is 2.28. The van der Waals surface area contributed by atoms with E-state index >= 15 is 0 Å². The summed E-state index contributed by atoms with van der Waals surface area (Å²) in [4.78, 5) is 22.8. The minimum Gasteiger partial charge on any atom is -0.482 e. The van der Waals surface area contributed by atoms with Crippen LogP contribution in [0.2, 0.25) is 0 Å². The highest BCUT2D eigenvalue weighted by atomic mass is 16.6. The van der Waals surface area contributed by atoms with Crippen molar-refractivity contribution in [3.05, 3.63) is 23.8 Å². The van der Waals surface area contributed by atoms with Gasteiger partial charge in [-0.2, -0.15) is 0 Å². The molecule has 7 heteroatoms. The summed E-state index contributed by atoms with van der Waals surface area (Å²) in [6.07, 6.45) is -0.423. The number of ether oxygens (including phenoxy) is 2. The van der Waals surface area contributed by atoms with Crippen LogP contribution in [0, 0.1) is 0 Å². The van der Waals surface area contributed by atoms with Gasteiger partial charge in [0.1, 0.15) is 11.4 Å². The van der Waals surface area contributed by atoms with Gasteiger partial charge in [0.15, 0.2) is 6.61 Å². The van der Waals surface area contributed by atoms with Gasteiger partial charge in [0, 0.05) is 19.6 Å². The molecule has 7 nitrogen and oxygen atoms in total. The van der Waals surface area contributed by atoms with Gasteiger partial charge in [-0.25, -0.2) is 4.79 Å². The van der Waals surface area contributed by atoms with Crippen molar-refractivity contribution in [3.63, 3.8) is 0 Å². The molecule has 1 aromatic rings. The molecule has 0 saturated heterocycles. The predicted molar refractivity (Wildman–Crippen MR) is 86.5 cm³/mol. The van der Waals surface area contributed by atoms with Crippen molar-refractivity contribution in [2.24, 2.45) is 0 Å². The molecule has 2 amide bonds. The molecule has 0 fully saturated rings. The summed E-state index contributed by atoms with van der Waals surface area (Å²) in [5.74, 6) is 0.532. The molecule has 0 atom stereocenters. The first kappa shape index (κ1) is 17.1. The Morgan fingerprint density at radius 3 is 2.87 bits per heavy atom. The van der Waals surface area contributed by atoms with E-state index in [1.165, 1.54) is 0 Å². The van der Waals surface area contributed by atoms with E-state index in [1.807, 2.05) is 39.0 Å². The molecule has 0 aromatic heterocycles. The van der Waals surface area contributed by atoms with Gasteiger partial charge >= 0.3 is 6.09 Å². The van der Waals surface area contributed by atoms with Crippen LogP contribution in [0.5, 0.6) is 5.75 Å². The van der Waals surface area contributed by atoms with Crippen LogP contribution in [0.1, 0.15) is 26.3 Å². The van der Waals surface area contributed by atoms with E-state index in [1.54, 1.807) is 0 Å². The topological polar surface area (TPSA) is 88.7 Å². The summed E-state index contributed by atoms with van der Waals surface area (Å²) < 4.78 is 10.4. The standard InChI is InChI=1S/C16H23N3O4/c1-16(2,3)23-15(21)18-7-6-17-9-11-4-5-13-12(8-11)19-14(20)10-22-13/h4-5,8,17H,6-7,9-10H2,1-3H3,(H,18,21)(H,19,20). The smallest absolute Gasteiger partial charge is 0.407 e. The van der Waals surface area contributed by atoms with Crippen LogP contribution in [-0.4, -0.2) is 37.3 Å². The molecule has 0 unspecified atom stereocenters. The highest BCUT2D eigenvalue weighted by Gasteiger charge is 2.16. The van der Waals surface area contributed by atoms with Gasteiger partial charge in [-0.05, 0) is 38.5 Å². The van der Waals surface area contributed by atoms with Gasteiger partial charge in [-0.1, -0.05) is 6.07 Å². The lowest BCUT2D eigenvalue weighted by Gasteiger charge is -2.20. The first-order valence-corrected chi connectivity index (χ1v) is 7.57. The fourth-order valence-electron chi connectivity index (χ4n) is 2.04. The van der Waals surface area contributed by atoms with Crippen LogP contribution in [0.25, 0.3) is 0 Å². The summed E-state index contributed by atoms with van der Waals surface area (Å²) >= 11 is 0. The van der Waals surface area contributed by atoms with E-state index in [-0.39, 0.29) is 12.5 Å². The number of amides is 2. The largest absolute Gasteiger partial charge is 0.482 e. The molecule has 1 heterocycles. The van der Waals surface area contributed by atoms with Crippen molar-refractivity contribution in [1.82, 2.24) is 10.6 Å². The van der Waals surface area contributed by atoms with Gasteiger partial charge in [0.05, 0.1) is 5.69 Å². The second kappa shape index (κ2) is 7.32. The zero-order chi connectivity index (χ0) is 16.9. The average molecular weight is 321 g/mol. The van der Waals surface area contributed by atoms with E-state index in [4.69, 9.17) is 9.47 Å². The number of anilines is 1. The summed E-state index contributed by atoms with van der Waals surface area (Å²) in [7, 11) is 0. The fraction of sp³-hybridized carbons (Fsp3) is 0.500. The molecule has 1 aliphatic rings. The maximum absolute atomic E-state index is 11.5. The molecule has 126 valence electrons. The van der Waals surface area contributed by atoms with Gasteiger partial charge in [0.25, 0.3) is 5.91 Å². The van der Waals surface area contributed by atoms with Crippen molar-refractivity contribution in [1.29, 1.82) is 0 Å². The van der Waals surface area contributed by atoms with Crippen molar-refractivity contribution in [2.45, 2.75) is 32.9 Å². The van der Waals surface area contributed by atoms with E-state index in [2.05, 4.69) is 16.0 Å². The Labute approximate surface area is 135 Å². The van der Waals surface area contributed by atoms with Crippen molar-refractivity contribution < 1.29 is 19.1 Å². The lowest BCUT2D eigenvalue weighted by molar-refractivity contribution is -0.118. The van der Waals surface area contributed by atoms with E-state index in [0.29, 0.717) is 31.1 Å². The first-order valence-electron chi connectivity index (χ1n) is 7.57. The molecule has 23 heavy (non-hydrogen) atoms. The number of benzene rings is 1. The Morgan fingerprint density at radius 1 is 1.35 bits per heavy atom. The predicted octanol–water partition coefficient (Wildman–Crippen LogP) is 1.63. The summed E-state index contributed by atoms with van der Waals surface area (Å²) in [6.45, 7) is 7.23. The van der Waals surface area contributed by atoms with Crippen LogP contribution in [0.3, 0.4) is 0 Å². The fourth-order valence-corrected chi connectivity index (χ4v) is 2.04. The third kappa shape index (κ3) is 5.78. The zero-order valence-corrected chi connectivity index (χ0v) is 13.7. The second-order valence-electron chi connectivity index (χ2n) is 6.27. The number of carbonyl (C=O) groups is 2. The van der Waals surface area contributed by atoms with Crippen molar-refractivity contribution in [2.75, 3.05) is 25.0 Å². The molecular weight excluding hydrogens is 298 g/mol. The molecule has 1 aliphatic heterocycles. The Balaban J connectivity index is 1.70. The number of alkyl carbamates (subject to hydrolysis) is 1. The molecular formula is C16H23N3O4. The van der Waals surface area contributed by atoms with Crippen molar-refractivity contribution in [3.8, 4) is 5.75 Å². The maximum atomic E-state index is 11.5. The molecule has 2 rings (SSSR count). The molecule has 1 aromatic carbocycles. The van der Waals surface area contributed by atoms with Gasteiger partial charge in [-0.3, -0.25) is 4.79 Å². The lowest BCUT2D eigenvalue weighted by atomic mass is 10.1. The Kier molecular flexibility index (Phi) is 5.44. The van der Waals surface area contributed by atoms with Crippen LogP contribution in [-0.2, 0) is 16.1 Å². The minimum absolute atomic E-state index is 0.0565. The minimum atomic E-state index is -0.493. The number of carbonyl (C=O) groups excluding carboxylic acids is 2. The number of rotatable bonds is 5. The van der Waals surface area contributed by atoms with Gasteiger partial charge in [0.2, 0.25) is 0 Å². The van der Waals surface area contributed by atoms with Gasteiger partial charge < -0.3 is 25.4 Å². The quantitative estimate of drug-likeness (QED) is 0.717. The van der Waals surface area contributed by atoms with Crippen LogP contribution in [0.15, 0.2) is 18.2 Å². The Morgan fingerprint density at radius 2 is 2.13 bits per heavy atom. The second-order valence-corrected chi connectivity index (χ2v) is 6.27. The Bertz CT molecular complexity index is 581. The third-order valence-electron chi connectivity index (χ3n) is 2.98. The van der Waals surface area contributed by atoms with Crippen LogP contribution >= 0.6 is 0 Å². The molecule has 0 saturated carbocycles. The number of hydrogen-bond acceptors (Lipinski definition) is 5. The van der Waals surface area contributed by atoms with Gasteiger partial charge in [-0.15, -0.1) is 0 Å². The molecule has 0 spiro atoms. The first-order chi connectivity index (χ1) is 10.8.